The van der Waals surface area contributed by atoms with E-state index in [-0.39, 0.29) is 0 Å². The summed E-state index contributed by atoms with van der Waals surface area (Å²) >= 11 is 0. The Morgan fingerprint density at radius 1 is 0.236 bits per heavy atom. The summed E-state index contributed by atoms with van der Waals surface area (Å²) in [7, 11) is 0. The molecule has 0 radical (unpaired) electrons. The highest BCUT2D eigenvalue weighted by atomic mass is 16.8. The third kappa shape index (κ3) is 15.1. The van der Waals surface area contributed by atoms with Crippen LogP contribution in [0.2, 0.25) is 0 Å². The monoisotopic (exact) mass is 1300 g/mol. The molecule has 23 rings (SSSR count). The highest BCUT2D eigenvalue weighted by molar-refractivity contribution is 5.02. The fraction of sp³-hybridized carbons (Fsp3) is 1.00. The molecule has 14 bridgehead atoms. The largest absolute Gasteiger partial charge is 0.394 e. The lowest BCUT2D eigenvalue weighted by Crippen LogP contribution is -2.68. The predicted molar refractivity (Wildman–Crippen MR) is 273 cm³/mol. The van der Waals surface area contributed by atoms with Crippen LogP contribution in [0.4, 0.5) is 0 Å². The maximum Gasteiger partial charge on any atom is 0.187 e. The van der Waals surface area contributed by atoms with Crippen LogP contribution in [0.5, 0.6) is 0 Å². The lowest BCUT2D eigenvalue weighted by molar-refractivity contribution is -0.398. The maximum absolute atomic E-state index is 11.8. The van der Waals surface area contributed by atoms with E-state index in [0.29, 0.717) is 38.9 Å². The third-order valence-electron chi connectivity index (χ3n) is 17.6. The quantitative estimate of drug-likeness (QED) is 0.0913. The normalized spacial score (nSPS) is 53.2. The molecule has 0 aromatic carbocycles. The van der Waals surface area contributed by atoms with Gasteiger partial charge in [0.15, 0.2) is 56.6 Å². The summed E-state index contributed by atoms with van der Waals surface area (Å²) in [6, 6.07) is 0. The molecule has 0 aliphatic carbocycles. The van der Waals surface area contributed by atoms with Crippen LogP contribution in [0.15, 0.2) is 0 Å². The van der Waals surface area contributed by atoms with Gasteiger partial charge >= 0.3 is 0 Å². The van der Waals surface area contributed by atoms with Crippen molar-refractivity contribution in [1.29, 1.82) is 0 Å². The van der Waals surface area contributed by atoms with Crippen molar-refractivity contribution in [2.75, 3.05) is 59.5 Å². The number of hydrogen-bond donors (Lipinski definition) is 19. The predicted octanol–water partition coefficient (Wildman–Crippen LogP) is -12.1. The highest BCUT2D eigenvalue weighted by Gasteiger charge is 2.60. The first kappa shape index (κ1) is 70.3. The zero-order chi connectivity index (χ0) is 63.7. The summed E-state index contributed by atoms with van der Waals surface area (Å²) in [5, 5.41) is 216. The van der Waals surface area contributed by atoms with Gasteiger partial charge in [0.05, 0.1) is 46.2 Å². The van der Waals surface area contributed by atoms with Crippen molar-refractivity contribution in [2.24, 2.45) is 0 Å². The molecule has 0 spiro atoms. The SMILES string of the molecule is OC[C@H]1O[C@@H]2O[C@H]3[C@H](O)[C@@H](O)[C@@H](O[C@H]4[C@H](O)[C@@H](O)[C@@H](O[C@H]5[C@H](O)[C@@H](O)[C@@H](O[C@H]6[C@H](O)[C@@H](O)[C@@H](O[C@H]7[C@H](O)[C@@H](O)[C@@H](O[C@H]8[C@H](O)[C@@H](O)[C@@H](O[C@H]1[C@H](O)[C@H]2O)O[C@@H]8CO)O[C@@H]7COC1CCCCO1)O[C@@H]6CO)O[C@@H]5CO)O[C@@H]4COC1CCCCO1)O[C@@H]3CO. The van der Waals surface area contributed by atoms with Crippen molar-refractivity contribution < 1.29 is 182 Å². The lowest BCUT2D eigenvalue weighted by atomic mass is 9.95. The average Bonchev–Trinajstić information content (AvgIpc) is 1.46. The number of aliphatic hydroxyl groups is 19. The van der Waals surface area contributed by atoms with E-state index in [9.17, 15) is 97.0 Å². The van der Waals surface area contributed by atoms with Crippen molar-refractivity contribution in [3.8, 4) is 0 Å². The van der Waals surface area contributed by atoms with E-state index < -0.39 is 274 Å². The molecule has 37 heteroatoms. The second-order valence-corrected chi connectivity index (χ2v) is 23.5. The minimum atomic E-state index is -2.20. The van der Waals surface area contributed by atoms with Crippen LogP contribution in [0.1, 0.15) is 38.5 Å². The van der Waals surface area contributed by atoms with Gasteiger partial charge in [-0.25, -0.2) is 0 Å². The molecule has 23 fully saturated rings. The van der Waals surface area contributed by atoms with Gasteiger partial charge in [-0.1, -0.05) is 0 Å². The Hall–Kier alpha value is -1.48. The van der Waals surface area contributed by atoms with Crippen molar-refractivity contribution in [3.63, 3.8) is 0 Å². The van der Waals surface area contributed by atoms with Crippen LogP contribution in [-0.4, -0.2) is 384 Å². The average molecular weight is 1300 g/mol. The standard InChI is InChI=1S/C52H86O37/c53-9-16-39-25(58)32(65)46(76-16)84-40-17(10-54)79-49(35(68)28(40)61)88-44-21(14-74-23-5-1-3-7-72-23)82-52(38(71)31(44)64)87-43-20(13-57)78-48(34(67)27(43)60)85-41-18(11-55)80-50(36(69)29(41)62)89-45-22(15-75-24-6-2-4-8-73-24)81-51(37(70)30(45)63)86-42-19(12-56)77-47(83-39)33(66)26(42)59/h16-71H,1-15H2/t16-,17-,18-,19-,20-,21-,22-,23?,24?,25-,26-,27-,28-,29-,30-,31-,32-,33-,34-,35-,36-,37-,38-,39-,40-,41-,42-,43-,44-,45-,46-,47-,48-,49-,50-,51-,52-/m1/s1. The number of ether oxygens (including phenoxy) is 18. The van der Waals surface area contributed by atoms with Crippen LogP contribution < -0.4 is 0 Å². The highest BCUT2D eigenvalue weighted by Crippen LogP contribution is 2.39. The van der Waals surface area contributed by atoms with E-state index >= 15 is 0 Å². The molecule has 37 nitrogen and oxygen atoms in total. The summed E-state index contributed by atoms with van der Waals surface area (Å²) in [6.07, 6.45) is -67.2. The van der Waals surface area contributed by atoms with Gasteiger partial charge in [-0.15, -0.1) is 0 Å². The van der Waals surface area contributed by atoms with Crippen molar-refractivity contribution in [3.05, 3.63) is 0 Å². The van der Waals surface area contributed by atoms with Crippen molar-refractivity contribution in [2.45, 2.75) is 266 Å². The van der Waals surface area contributed by atoms with Gasteiger partial charge in [0.25, 0.3) is 0 Å². The Bertz CT molecular complexity index is 2110. The van der Waals surface area contributed by atoms with Gasteiger partial charge in [0, 0.05) is 13.2 Å². The Labute approximate surface area is 506 Å². The van der Waals surface area contributed by atoms with E-state index in [0.717, 1.165) is 12.8 Å². The Morgan fingerprint density at radius 3 is 0.607 bits per heavy atom. The van der Waals surface area contributed by atoms with Gasteiger partial charge in [-0.3, -0.25) is 0 Å². The molecule has 19 N–H and O–H groups in total. The van der Waals surface area contributed by atoms with Crippen LogP contribution in [0, 0.1) is 0 Å². The molecule has 516 valence electrons. The summed E-state index contributed by atoms with van der Waals surface area (Å²) in [6.45, 7) is -5.56. The zero-order valence-electron chi connectivity index (χ0n) is 47.8. The first-order chi connectivity index (χ1) is 42.7. The molecule has 0 saturated carbocycles. The summed E-state index contributed by atoms with van der Waals surface area (Å²) in [5.74, 6) is 0. The summed E-state index contributed by atoms with van der Waals surface area (Å²) in [5.41, 5.74) is 0. The van der Waals surface area contributed by atoms with Crippen LogP contribution in [0.3, 0.4) is 0 Å². The molecule has 0 aromatic heterocycles. The second-order valence-electron chi connectivity index (χ2n) is 23.5. The smallest absolute Gasteiger partial charge is 0.187 e. The van der Waals surface area contributed by atoms with Crippen LogP contribution >= 0.6 is 0 Å². The lowest BCUT2D eigenvalue weighted by Gasteiger charge is -2.50. The molecular weight excluding hydrogens is 1220 g/mol. The number of rotatable bonds is 11. The zero-order valence-corrected chi connectivity index (χ0v) is 47.8. The van der Waals surface area contributed by atoms with E-state index in [1.54, 1.807) is 0 Å². The fourth-order valence-corrected chi connectivity index (χ4v) is 12.5. The Morgan fingerprint density at radius 2 is 0.427 bits per heavy atom. The minimum absolute atomic E-state index is 0.317. The first-order valence-corrected chi connectivity index (χ1v) is 29.9. The molecule has 89 heavy (non-hydrogen) atoms. The van der Waals surface area contributed by atoms with Gasteiger partial charge in [-0.05, 0) is 38.5 Å². The molecule has 37 atom stereocenters. The van der Waals surface area contributed by atoms with Gasteiger partial charge in [-0.2, -0.15) is 0 Å². The molecule has 2 unspecified atom stereocenters. The van der Waals surface area contributed by atoms with Crippen molar-refractivity contribution >= 4 is 0 Å². The van der Waals surface area contributed by atoms with Crippen molar-refractivity contribution in [1.82, 2.24) is 0 Å². The third-order valence-corrected chi connectivity index (χ3v) is 17.6. The molecule has 23 heterocycles. The van der Waals surface area contributed by atoms with E-state index in [1.807, 2.05) is 0 Å². The maximum atomic E-state index is 11.8. The van der Waals surface area contributed by atoms with Gasteiger partial charge < -0.3 is 182 Å². The molecule has 0 amide bonds. The number of aliphatic hydroxyl groups excluding tert-OH is 19. The van der Waals surface area contributed by atoms with Crippen LogP contribution in [-0.2, 0) is 85.3 Å². The minimum Gasteiger partial charge on any atom is -0.394 e. The van der Waals surface area contributed by atoms with E-state index in [2.05, 4.69) is 0 Å². The van der Waals surface area contributed by atoms with Gasteiger partial charge in [0.1, 0.15) is 171 Å². The first-order valence-electron chi connectivity index (χ1n) is 29.9. The Balaban J connectivity index is 0.947. The molecular formula is C52H86O37. The molecule has 23 saturated heterocycles. The summed E-state index contributed by atoms with van der Waals surface area (Å²) < 4.78 is 106. The Kier molecular flexibility index (Phi) is 24.6. The fourth-order valence-electron chi connectivity index (χ4n) is 12.5. The second kappa shape index (κ2) is 31.2. The van der Waals surface area contributed by atoms with Gasteiger partial charge in [0.2, 0.25) is 0 Å². The summed E-state index contributed by atoms with van der Waals surface area (Å²) in [4.78, 5) is 0. The topological polar surface area (TPSA) is 551 Å². The van der Waals surface area contributed by atoms with Crippen LogP contribution in [0.25, 0.3) is 0 Å². The molecule has 23 aliphatic rings. The molecule has 23 aliphatic heterocycles. The number of hydrogen-bond acceptors (Lipinski definition) is 37. The molecule has 0 aromatic rings. The van der Waals surface area contributed by atoms with E-state index in [1.165, 1.54) is 0 Å². The van der Waals surface area contributed by atoms with E-state index in [4.69, 9.17) is 85.3 Å².